The van der Waals surface area contributed by atoms with E-state index in [-0.39, 0.29) is 5.69 Å². The fourth-order valence-electron chi connectivity index (χ4n) is 1.92. The molecule has 2 aromatic rings. The SMILES string of the molecule is O=[N+]([O-])c1ccc(-c2nc(Cl)c(Br)c(C3CC3)n2)cc1. The Labute approximate surface area is 128 Å². The molecule has 0 saturated heterocycles. The monoisotopic (exact) mass is 353 g/mol. The van der Waals surface area contributed by atoms with E-state index in [1.165, 1.54) is 12.1 Å². The van der Waals surface area contributed by atoms with Gasteiger partial charge in [-0.15, -0.1) is 0 Å². The zero-order chi connectivity index (χ0) is 14.3. The highest BCUT2D eigenvalue weighted by molar-refractivity contribution is 9.10. The maximum absolute atomic E-state index is 10.6. The van der Waals surface area contributed by atoms with Gasteiger partial charge in [-0.3, -0.25) is 10.1 Å². The molecule has 0 unspecified atom stereocenters. The summed E-state index contributed by atoms with van der Waals surface area (Å²) in [6.07, 6.45) is 2.21. The van der Waals surface area contributed by atoms with Crippen LogP contribution < -0.4 is 0 Å². The minimum absolute atomic E-state index is 0.0411. The number of nitro groups is 1. The normalized spacial score (nSPS) is 14.3. The molecule has 0 aliphatic heterocycles. The molecule has 0 N–H and O–H groups in total. The number of hydrogen-bond acceptors (Lipinski definition) is 4. The smallest absolute Gasteiger partial charge is 0.258 e. The number of nitro benzene ring substituents is 1. The van der Waals surface area contributed by atoms with E-state index < -0.39 is 4.92 Å². The van der Waals surface area contributed by atoms with Crippen LogP contribution in [0.2, 0.25) is 5.15 Å². The molecule has 1 fully saturated rings. The van der Waals surface area contributed by atoms with Gasteiger partial charge in [0, 0.05) is 23.6 Å². The quantitative estimate of drug-likeness (QED) is 0.467. The highest BCUT2D eigenvalue weighted by Gasteiger charge is 2.29. The van der Waals surface area contributed by atoms with Gasteiger partial charge in [0.15, 0.2) is 5.82 Å². The molecule has 0 atom stereocenters. The molecule has 1 heterocycles. The molecule has 20 heavy (non-hydrogen) atoms. The molecular formula is C13H9BrClN3O2. The second-order valence-corrected chi connectivity index (χ2v) is 5.77. The first-order valence-electron chi connectivity index (χ1n) is 6.04. The maximum Gasteiger partial charge on any atom is 0.269 e. The third-order valence-corrected chi connectivity index (χ3v) is 4.42. The van der Waals surface area contributed by atoms with E-state index in [1.807, 2.05) is 0 Å². The summed E-state index contributed by atoms with van der Waals surface area (Å²) in [5.41, 5.74) is 1.67. The summed E-state index contributed by atoms with van der Waals surface area (Å²) in [6, 6.07) is 6.14. The average molecular weight is 355 g/mol. The predicted octanol–water partition coefficient (Wildman–Crippen LogP) is 4.35. The van der Waals surface area contributed by atoms with E-state index in [2.05, 4.69) is 25.9 Å². The van der Waals surface area contributed by atoms with Crippen LogP contribution >= 0.6 is 27.5 Å². The lowest BCUT2D eigenvalue weighted by Crippen LogP contribution is -1.97. The van der Waals surface area contributed by atoms with Crippen LogP contribution in [0.15, 0.2) is 28.7 Å². The van der Waals surface area contributed by atoms with Gasteiger partial charge in [-0.05, 0) is 40.9 Å². The van der Waals surface area contributed by atoms with Crippen LogP contribution in [0.5, 0.6) is 0 Å². The molecule has 0 spiro atoms. The molecule has 7 heteroatoms. The van der Waals surface area contributed by atoms with Crippen LogP contribution in [-0.2, 0) is 0 Å². The van der Waals surface area contributed by atoms with Crippen LogP contribution in [0.25, 0.3) is 11.4 Å². The van der Waals surface area contributed by atoms with Crippen molar-refractivity contribution in [1.82, 2.24) is 9.97 Å². The summed E-state index contributed by atoms with van der Waals surface area (Å²) >= 11 is 9.53. The van der Waals surface area contributed by atoms with Crippen molar-refractivity contribution in [2.75, 3.05) is 0 Å². The van der Waals surface area contributed by atoms with Gasteiger partial charge in [-0.2, -0.15) is 0 Å². The molecule has 0 radical (unpaired) electrons. The van der Waals surface area contributed by atoms with E-state index in [9.17, 15) is 10.1 Å². The summed E-state index contributed by atoms with van der Waals surface area (Å²) < 4.78 is 0.743. The molecular weight excluding hydrogens is 346 g/mol. The van der Waals surface area contributed by atoms with Crippen LogP contribution in [0.4, 0.5) is 5.69 Å². The second-order valence-electron chi connectivity index (χ2n) is 4.62. The minimum atomic E-state index is -0.436. The Hall–Kier alpha value is -1.53. The largest absolute Gasteiger partial charge is 0.269 e. The van der Waals surface area contributed by atoms with Crippen molar-refractivity contribution in [2.45, 2.75) is 18.8 Å². The van der Waals surface area contributed by atoms with Gasteiger partial charge in [0.1, 0.15) is 5.15 Å². The lowest BCUT2D eigenvalue weighted by molar-refractivity contribution is -0.384. The molecule has 0 bridgehead atoms. The Morgan fingerprint density at radius 1 is 1.25 bits per heavy atom. The summed E-state index contributed by atoms with van der Waals surface area (Å²) in [7, 11) is 0. The van der Waals surface area contributed by atoms with E-state index in [4.69, 9.17) is 11.6 Å². The Kier molecular flexibility index (Phi) is 3.43. The van der Waals surface area contributed by atoms with Crippen molar-refractivity contribution >= 4 is 33.2 Å². The molecule has 1 aromatic carbocycles. The first kappa shape index (κ1) is 13.5. The first-order chi connectivity index (χ1) is 9.56. The van der Waals surface area contributed by atoms with E-state index in [0.29, 0.717) is 22.5 Å². The predicted molar refractivity (Wildman–Crippen MR) is 78.8 cm³/mol. The van der Waals surface area contributed by atoms with Gasteiger partial charge < -0.3 is 0 Å². The number of nitrogens with zero attached hydrogens (tertiary/aromatic N) is 3. The Morgan fingerprint density at radius 3 is 2.45 bits per heavy atom. The molecule has 1 aromatic heterocycles. The van der Waals surface area contributed by atoms with Crippen LogP contribution in [0, 0.1) is 10.1 Å². The third kappa shape index (κ3) is 2.53. The highest BCUT2D eigenvalue weighted by atomic mass is 79.9. The van der Waals surface area contributed by atoms with Gasteiger partial charge in [-0.1, -0.05) is 11.6 Å². The zero-order valence-corrected chi connectivity index (χ0v) is 12.6. The van der Waals surface area contributed by atoms with Gasteiger partial charge in [0.2, 0.25) is 0 Å². The van der Waals surface area contributed by atoms with Crippen molar-refractivity contribution in [3.05, 3.63) is 49.7 Å². The van der Waals surface area contributed by atoms with Crippen molar-refractivity contribution < 1.29 is 4.92 Å². The Morgan fingerprint density at radius 2 is 1.90 bits per heavy atom. The van der Waals surface area contributed by atoms with Crippen LogP contribution in [0.1, 0.15) is 24.5 Å². The summed E-state index contributed by atoms with van der Waals surface area (Å²) in [4.78, 5) is 19.0. The highest BCUT2D eigenvalue weighted by Crippen LogP contribution is 2.44. The fourth-order valence-corrected chi connectivity index (χ4v) is 2.60. The van der Waals surface area contributed by atoms with E-state index in [0.717, 1.165) is 23.0 Å². The van der Waals surface area contributed by atoms with Crippen molar-refractivity contribution in [1.29, 1.82) is 0 Å². The van der Waals surface area contributed by atoms with Gasteiger partial charge in [-0.25, -0.2) is 9.97 Å². The topological polar surface area (TPSA) is 68.9 Å². The molecule has 102 valence electrons. The molecule has 5 nitrogen and oxygen atoms in total. The third-order valence-electron chi connectivity index (χ3n) is 3.14. The van der Waals surface area contributed by atoms with Crippen molar-refractivity contribution in [2.24, 2.45) is 0 Å². The Balaban J connectivity index is 2.03. The minimum Gasteiger partial charge on any atom is -0.258 e. The van der Waals surface area contributed by atoms with Crippen molar-refractivity contribution in [3.63, 3.8) is 0 Å². The first-order valence-corrected chi connectivity index (χ1v) is 7.21. The molecule has 1 aliphatic rings. The number of halogens is 2. The number of aromatic nitrogens is 2. The fraction of sp³-hybridized carbons (Fsp3) is 0.231. The van der Waals surface area contributed by atoms with Gasteiger partial charge in [0.25, 0.3) is 5.69 Å². The second kappa shape index (κ2) is 5.10. The zero-order valence-electron chi connectivity index (χ0n) is 10.2. The number of benzene rings is 1. The lowest BCUT2D eigenvalue weighted by Gasteiger charge is -2.07. The summed E-state index contributed by atoms with van der Waals surface area (Å²) in [5, 5.41) is 11.0. The molecule has 3 rings (SSSR count). The number of hydrogen-bond donors (Lipinski definition) is 0. The van der Waals surface area contributed by atoms with E-state index >= 15 is 0 Å². The Bertz CT molecular complexity index is 687. The van der Waals surface area contributed by atoms with Gasteiger partial charge >= 0.3 is 0 Å². The van der Waals surface area contributed by atoms with E-state index in [1.54, 1.807) is 12.1 Å². The van der Waals surface area contributed by atoms with Gasteiger partial charge in [0.05, 0.1) is 15.1 Å². The average Bonchev–Trinajstić information content (AvgIpc) is 3.26. The standard InChI is InChI=1S/C13H9BrClN3O2/c14-10-11(7-1-2-7)16-13(17-12(10)15)8-3-5-9(6-4-8)18(19)20/h3-7H,1-2H2. The number of non-ortho nitro benzene ring substituents is 1. The van der Waals surface area contributed by atoms with Crippen LogP contribution in [0.3, 0.4) is 0 Å². The number of rotatable bonds is 3. The molecule has 1 saturated carbocycles. The van der Waals surface area contributed by atoms with Crippen molar-refractivity contribution in [3.8, 4) is 11.4 Å². The molecule has 1 aliphatic carbocycles. The lowest BCUT2D eigenvalue weighted by atomic mass is 10.2. The summed E-state index contributed by atoms with van der Waals surface area (Å²) in [6.45, 7) is 0. The maximum atomic E-state index is 10.6. The summed E-state index contributed by atoms with van der Waals surface area (Å²) in [5.74, 6) is 0.927. The van der Waals surface area contributed by atoms with Crippen LogP contribution in [-0.4, -0.2) is 14.9 Å². The molecule has 0 amide bonds.